The summed E-state index contributed by atoms with van der Waals surface area (Å²) in [6.07, 6.45) is 3.34. The van der Waals surface area contributed by atoms with E-state index in [1.807, 2.05) is 42.5 Å². The highest BCUT2D eigenvalue weighted by molar-refractivity contribution is 6.11. The maximum Gasteiger partial charge on any atom is 0.270 e. The molecule has 0 unspecified atom stereocenters. The van der Waals surface area contributed by atoms with Gasteiger partial charge in [0.15, 0.2) is 0 Å². The van der Waals surface area contributed by atoms with Crippen LogP contribution in [-0.2, 0) is 0 Å². The van der Waals surface area contributed by atoms with Gasteiger partial charge in [-0.25, -0.2) is 4.98 Å². The monoisotopic (exact) mass is 447 g/mol. The van der Waals surface area contributed by atoms with Crippen molar-refractivity contribution in [2.45, 2.75) is 0 Å². The van der Waals surface area contributed by atoms with Crippen molar-refractivity contribution >= 4 is 27.6 Å². The maximum atomic E-state index is 9.29. The minimum Gasteiger partial charge on any atom is -0.361 e. The number of fused-ring (bicyclic) bond motifs is 3. The quantitative estimate of drug-likeness (QED) is 0.267. The summed E-state index contributed by atoms with van der Waals surface area (Å²) in [6, 6.07) is 32.7. The van der Waals surface area contributed by atoms with Crippen LogP contribution in [0.5, 0.6) is 0 Å². The van der Waals surface area contributed by atoms with E-state index in [9.17, 15) is 5.26 Å². The largest absolute Gasteiger partial charge is 0.361 e. The molecule has 5 nitrogen and oxygen atoms in total. The molecule has 0 radical (unpaired) electrons. The number of pyridine rings is 2. The van der Waals surface area contributed by atoms with Gasteiger partial charge in [0, 0.05) is 22.7 Å². The molecule has 5 heteroatoms. The highest BCUT2D eigenvalue weighted by Crippen LogP contribution is 2.37. The van der Waals surface area contributed by atoms with Crippen molar-refractivity contribution in [2.24, 2.45) is 0 Å². The van der Waals surface area contributed by atoms with Gasteiger partial charge in [0.25, 0.3) is 5.82 Å². The molecule has 3 aromatic heterocycles. The van der Waals surface area contributed by atoms with E-state index in [1.54, 1.807) is 12.4 Å². The summed E-state index contributed by atoms with van der Waals surface area (Å²) in [4.78, 5) is 11.7. The first-order valence-corrected chi connectivity index (χ1v) is 11.1. The predicted molar refractivity (Wildman–Crippen MR) is 138 cm³/mol. The molecule has 3 heterocycles. The second kappa shape index (κ2) is 8.26. The average Bonchev–Trinajstić information content (AvgIpc) is 3.26. The van der Waals surface area contributed by atoms with Gasteiger partial charge in [-0.3, -0.25) is 0 Å². The maximum absolute atomic E-state index is 9.29. The molecule has 0 spiro atoms. The first-order chi connectivity index (χ1) is 17.2. The number of hydrogen-bond donors (Lipinski definition) is 0. The molecule has 0 amide bonds. The number of rotatable bonds is 3. The zero-order chi connectivity index (χ0) is 23.8. The standard InChI is InChI=1S/C30H17N5/c1-32-30-18-23(12-14-34-30)21-8-10-29-27(17-21)26-16-20(22-11-13-33-24(15-22)19-31)7-9-28(26)35(29)25-5-3-2-4-6-25/h2-18H. The van der Waals surface area contributed by atoms with E-state index in [1.165, 1.54) is 0 Å². The number of nitriles is 1. The lowest BCUT2D eigenvalue weighted by atomic mass is 10.0. The van der Waals surface area contributed by atoms with Gasteiger partial charge in [0.1, 0.15) is 18.0 Å². The molecule has 6 aromatic rings. The number of benzene rings is 3. The molecule has 0 saturated heterocycles. The van der Waals surface area contributed by atoms with Gasteiger partial charge in [-0.05, 0) is 82.9 Å². The fraction of sp³-hybridized carbons (Fsp3) is 0. The smallest absolute Gasteiger partial charge is 0.270 e. The summed E-state index contributed by atoms with van der Waals surface area (Å²) in [5.74, 6) is 0.377. The van der Waals surface area contributed by atoms with Crippen LogP contribution in [0, 0.1) is 17.9 Å². The van der Waals surface area contributed by atoms with Gasteiger partial charge in [-0.2, -0.15) is 5.26 Å². The van der Waals surface area contributed by atoms with Crippen LogP contribution in [0.25, 0.3) is 54.6 Å². The number of para-hydroxylation sites is 1. The van der Waals surface area contributed by atoms with Gasteiger partial charge in [0.05, 0.1) is 11.0 Å². The van der Waals surface area contributed by atoms with Crippen molar-refractivity contribution in [3.63, 3.8) is 0 Å². The van der Waals surface area contributed by atoms with Crippen LogP contribution < -0.4 is 0 Å². The fourth-order valence-electron chi connectivity index (χ4n) is 4.57. The summed E-state index contributed by atoms with van der Waals surface area (Å²) >= 11 is 0. The van der Waals surface area contributed by atoms with Crippen LogP contribution in [0.2, 0.25) is 0 Å². The van der Waals surface area contributed by atoms with E-state index in [0.29, 0.717) is 11.5 Å². The third kappa shape index (κ3) is 3.49. The third-order valence-electron chi connectivity index (χ3n) is 6.18. The van der Waals surface area contributed by atoms with Crippen LogP contribution in [0.1, 0.15) is 5.69 Å². The van der Waals surface area contributed by atoms with Gasteiger partial charge in [-0.15, -0.1) is 4.98 Å². The Balaban J connectivity index is 1.64. The lowest BCUT2D eigenvalue weighted by Gasteiger charge is -2.08. The molecule has 0 N–H and O–H groups in total. The highest BCUT2D eigenvalue weighted by Gasteiger charge is 2.15. The molecule has 0 aliphatic heterocycles. The average molecular weight is 448 g/mol. The zero-order valence-electron chi connectivity index (χ0n) is 18.6. The Hall–Kier alpha value is -5.26. The molecule has 0 aliphatic carbocycles. The predicted octanol–water partition coefficient (Wildman–Crippen LogP) is 7.33. The van der Waals surface area contributed by atoms with Crippen molar-refractivity contribution in [2.75, 3.05) is 0 Å². The molecule has 162 valence electrons. The molecule has 0 bridgehead atoms. The Morgan fingerprint density at radius 1 is 0.686 bits per heavy atom. The lowest BCUT2D eigenvalue weighted by Crippen LogP contribution is -1.93. The molecule has 3 aromatic carbocycles. The van der Waals surface area contributed by atoms with Gasteiger partial charge >= 0.3 is 0 Å². The van der Waals surface area contributed by atoms with Crippen LogP contribution >= 0.6 is 0 Å². The third-order valence-corrected chi connectivity index (χ3v) is 6.18. The van der Waals surface area contributed by atoms with E-state index in [0.717, 1.165) is 49.7 Å². The Kier molecular flexibility index (Phi) is 4.80. The van der Waals surface area contributed by atoms with Crippen LogP contribution in [0.4, 0.5) is 5.82 Å². The second-order valence-corrected chi connectivity index (χ2v) is 8.19. The molecule has 35 heavy (non-hydrogen) atoms. The zero-order valence-corrected chi connectivity index (χ0v) is 18.6. The molecule has 0 aliphatic rings. The van der Waals surface area contributed by atoms with Crippen LogP contribution in [0.15, 0.2) is 103 Å². The van der Waals surface area contributed by atoms with Crippen molar-refractivity contribution in [3.05, 3.63) is 121 Å². The summed E-state index contributed by atoms with van der Waals surface area (Å²) in [5.41, 5.74) is 7.62. The summed E-state index contributed by atoms with van der Waals surface area (Å²) in [5, 5.41) is 11.5. The minimum absolute atomic E-state index is 0.377. The number of aromatic nitrogens is 3. The van der Waals surface area contributed by atoms with Crippen molar-refractivity contribution < 1.29 is 0 Å². The van der Waals surface area contributed by atoms with Crippen LogP contribution in [0.3, 0.4) is 0 Å². The Bertz CT molecular complexity index is 1700. The Morgan fingerprint density at radius 3 is 1.91 bits per heavy atom. The Morgan fingerprint density at radius 2 is 1.29 bits per heavy atom. The van der Waals surface area contributed by atoms with E-state index in [-0.39, 0.29) is 0 Å². The van der Waals surface area contributed by atoms with Gasteiger partial charge < -0.3 is 9.41 Å². The normalized spacial score (nSPS) is 10.8. The van der Waals surface area contributed by atoms with E-state index in [2.05, 4.69) is 74.0 Å². The molecule has 0 atom stereocenters. The molecule has 0 saturated carbocycles. The first-order valence-electron chi connectivity index (χ1n) is 11.1. The van der Waals surface area contributed by atoms with Gasteiger partial charge in [-0.1, -0.05) is 36.9 Å². The van der Waals surface area contributed by atoms with E-state index >= 15 is 0 Å². The van der Waals surface area contributed by atoms with Crippen molar-refractivity contribution in [3.8, 4) is 34.0 Å². The number of nitrogens with zero attached hydrogens (tertiary/aromatic N) is 5. The topological polar surface area (TPSA) is 58.9 Å². The fourth-order valence-corrected chi connectivity index (χ4v) is 4.57. The highest BCUT2D eigenvalue weighted by atomic mass is 15.0. The van der Waals surface area contributed by atoms with Crippen molar-refractivity contribution in [1.29, 1.82) is 5.26 Å². The molecule has 6 rings (SSSR count). The molecular weight excluding hydrogens is 430 g/mol. The second-order valence-electron chi connectivity index (χ2n) is 8.19. The Labute approximate surface area is 202 Å². The lowest BCUT2D eigenvalue weighted by molar-refractivity contribution is 1.18. The van der Waals surface area contributed by atoms with E-state index < -0.39 is 0 Å². The molecule has 0 fully saturated rings. The molecular formula is C30H17N5. The SMILES string of the molecule is [C-]#[N+]c1cc(-c2ccc3c(c2)c2cc(-c4ccnc(C#N)c4)ccc2n3-c2ccccc2)ccn1. The summed E-state index contributed by atoms with van der Waals surface area (Å²) < 4.78 is 2.27. The number of hydrogen-bond acceptors (Lipinski definition) is 3. The summed E-state index contributed by atoms with van der Waals surface area (Å²) in [7, 11) is 0. The summed E-state index contributed by atoms with van der Waals surface area (Å²) in [6.45, 7) is 7.31. The van der Waals surface area contributed by atoms with Gasteiger partial charge in [0.2, 0.25) is 0 Å². The minimum atomic E-state index is 0.377. The first kappa shape index (κ1) is 20.4. The van der Waals surface area contributed by atoms with Crippen molar-refractivity contribution in [1.82, 2.24) is 14.5 Å². The van der Waals surface area contributed by atoms with E-state index in [4.69, 9.17) is 6.57 Å². The van der Waals surface area contributed by atoms with Crippen LogP contribution in [-0.4, -0.2) is 14.5 Å².